The Bertz CT molecular complexity index is 732. The normalized spacial score (nSPS) is 10.0. The van der Waals surface area contributed by atoms with E-state index in [1.54, 1.807) is 0 Å². The Kier molecular flexibility index (Phi) is 7.36. The SMILES string of the molecule is CN(CCC(=O)C(=O)NCc1ccccc1)C(=O)OCc1ccccc1. The van der Waals surface area contributed by atoms with Crippen LogP contribution in [0.4, 0.5) is 4.79 Å². The van der Waals surface area contributed by atoms with Crippen molar-refractivity contribution in [3.05, 3.63) is 71.8 Å². The minimum atomic E-state index is -0.653. The highest BCUT2D eigenvalue weighted by Gasteiger charge is 2.17. The van der Waals surface area contributed by atoms with Gasteiger partial charge in [-0.3, -0.25) is 9.59 Å². The molecule has 0 aliphatic heterocycles. The highest BCUT2D eigenvalue weighted by molar-refractivity contribution is 6.36. The van der Waals surface area contributed by atoms with E-state index in [0.29, 0.717) is 6.54 Å². The number of ether oxygens (including phenoxy) is 1. The predicted molar refractivity (Wildman–Crippen MR) is 97.2 cm³/mol. The van der Waals surface area contributed by atoms with Crippen molar-refractivity contribution in [1.82, 2.24) is 10.2 Å². The standard InChI is InChI=1S/C20H22N2O4/c1-22(20(25)26-15-17-10-6-3-7-11-17)13-12-18(23)19(24)21-14-16-8-4-2-5-9-16/h2-11H,12-15H2,1H3,(H,21,24). The maximum absolute atomic E-state index is 11.9. The Hall–Kier alpha value is -3.15. The summed E-state index contributed by atoms with van der Waals surface area (Å²) < 4.78 is 5.16. The summed E-state index contributed by atoms with van der Waals surface area (Å²) in [7, 11) is 1.53. The van der Waals surface area contributed by atoms with Gasteiger partial charge in [-0.2, -0.15) is 0 Å². The molecule has 2 aromatic carbocycles. The zero-order valence-corrected chi connectivity index (χ0v) is 14.7. The van der Waals surface area contributed by atoms with Gasteiger partial charge in [-0.25, -0.2) is 4.79 Å². The molecule has 2 rings (SSSR count). The molecule has 0 bridgehead atoms. The monoisotopic (exact) mass is 354 g/mol. The minimum Gasteiger partial charge on any atom is -0.445 e. The third kappa shape index (κ3) is 6.39. The lowest BCUT2D eigenvalue weighted by Gasteiger charge is -2.16. The summed E-state index contributed by atoms with van der Waals surface area (Å²) in [5, 5.41) is 2.58. The predicted octanol–water partition coefficient (Wildman–Crippen LogP) is 2.53. The number of rotatable bonds is 8. The van der Waals surface area contributed by atoms with E-state index in [9.17, 15) is 14.4 Å². The van der Waals surface area contributed by atoms with E-state index in [-0.39, 0.29) is 19.6 Å². The molecule has 0 atom stereocenters. The molecule has 0 fully saturated rings. The van der Waals surface area contributed by atoms with E-state index >= 15 is 0 Å². The number of Topliss-reactive ketones (excluding diaryl/α,β-unsaturated/α-hetero) is 1. The van der Waals surface area contributed by atoms with Crippen molar-refractivity contribution >= 4 is 17.8 Å². The number of carbonyl (C=O) groups is 3. The van der Waals surface area contributed by atoms with Crippen molar-refractivity contribution in [2.75, 3.05) is 13.6 Å². The molecule has 0 radical (unpaired) electrons. The molecular weight excluding hydrogens is 332 g/mol. The molecule has 2 amide bonds. The summed E-state index contributed by atoms with van der Waals surface area (Å²) in [5.41, 5.74) is 1.79. The van der Waals surface area contributed by atoms with E-state index in [4.69, 9.17) is 4.74 Å². The molecule has 0 saturated carbocycles. The number of hydrogen-bond donors (Lipinski definition) is 1. The van der Waals surface area contributed by atoms with Gasteiger partial charge in [0, 0.05) is 26.6 Å². The molecule has 0 aliphatic carbocycles. The second kappa shape index (κ2) is 9.98. The molecule has 0 aromatic heterocycles. The number of hydrogen-bond acceptors (Lipinski definition) is 4. The van der Waals surface area contributed by atoms with Crippen LogP contribution in [0.3, 0.4) is 0 Å². The van der Waals surface area contributed by atoms with Crippen LogP contribution in [0.15, 0.2) is 60.7 Å². The number of benzene rings is 2. The lowest BCUT2D eigenvalue weighted by atomic mass is 10.2. The van der Waals surface area contributed by atoms with Gasteiger partial charge < -0.3 is 15.0 Å². The Morgan fingerprint density at radius 1 is 0.923 bits per heavy atom. The summed E-state index contributed by atoms with van der Waals surface area (Å²) in [6.07, 6.45) is -0.594. The van der Waals surface area contributed by atoms with Gasteiger partial charge in [-0.1, -0.05) is 60.7 Å². The molecule has 0 aliphatic rings. The number of nitrogens with zero attached hydrogens (tertiary/aromatic N) is 1. The van der Waals surface area contributed by atoms with Crippen LogP contribution in [0.1, 0.15) is 17.5 Å². The molecule has 26 heavy (non-hydrogen) atoms. The van der Waals surface area contributed by atoms with Gasteiger partial charge >= 0.3 is 6.09 Å². The van der Waals surface area contributed by atoms with E-state index in [0.717, 1.165) is 11.1 Å². The first kappa shape index (κ1) is 19.2. The number of amides is 2. The van der Waals surface area contributed by atoms with Crippen LogP contribution in [0.2, 0.25) is 0 Å². The van der Waals surface area contributed by atoms with Crippen LogP contribution in [-0.4, -0.2) is 36.3 Å². The van der Waals surface area contributed by atoms with Crippen LogP contribution >= 0.6 is 0 Å². The average molecular weight is 354 g/mol. The third-order valence-corrected chi connectivity index (χ3v) is 3.74. The second-order valence-electron chi connectivity index (χ2n) is 5.80. The fourth-order valence-corrected chi connectivity index (χ4v) is 2.18. The summed E-state index contributed by atoms with van der Waals surface area (Å²) in [6, 6.07) is 18.6. The van der Waals surface area contributed by atoms with Crippen molar-refractivity contribution in [3.8, 4) is 0 Å². The van der Waals surface area contributed by atoms with Gasteiger partial charge in [-0.15, -0.1) is 0 Å². The molecular formula is C20H22N2O4. The fourth-order valence-electron chi connectivity index (χ4n) is 2.18. The topological polar surface area (TPSA) is 75.7 Å². The number of nitrogens with one attached hydrogen (secondary N) is 1. The second-order valence-corrected chi connectivity index (χ2v) is 5.80. The zero-order chi connectivity index (χ0) is 18.8. The van der Waals surface area contributed by atoms with Gasteiger partial charge in [0.2, 0.25) is 5.78 Å². The maximum atomic E-state index is 11.9. The third-order valence-electron chi connectivity index (χ3n) is 3.74. The van der Waals surface area contributed by atoms with Crippen molar-refractivity contribution in [2.45, 2.75) is 19.6 Å². The maximum Gasteiger partial charge on any atom is 0.409 e. The van der Waals surface area contributed by atoms with Crippen LogP contribution in [0.5, 0.6) is 0 Å². The largest absolute Gasteiger partial charge is 0.445 e. The fraction of sp³-hybridized carbons (Fsp3) is 0.250. The molecule has 2 aromatic rings. The summed E-state index contributed by atoms with van der Waals surface area (Å²) in [6.45, 7) is 0.571. The molecule has 0 unspecified atom stereocenters. The first-order valence-electron chi connectivity index (χ1n) is 8.33. The summed E-state index contributed by atoms with van der Waals surface area (Å²) in [4.78, 5) is 36.9. The van der Waals surface area contributed by atoms with Crippen LogP contribution in [0, 0.1) is 0 Å². The molecule has 0 spiro atoms. The molecule has 0 saturated heterocycles. The number of carbonyl (C=O) groups excluding carboxylic acids is 3. The quantitative estimate of drug-likeness (QED) is 0.739. The lowest BCUT2D eigenvalue weighted by molar-refractivity contribution is -0.138. The lowest BCUT2D eigenvalue weighted by Crippen LogP contribution is -2.35. The van der Waals surface area contributed by atoms with Gasteiger partial charge in [0.05, 0.1) is 0 Å². The highest BCUT2D eigenvalue weighted by Crippen LogP contribution is 2.03. The van der Waals surface area contributed by atoms with Crippen LogP contribution < -0.4 is 5.32 Å². The minimum absolute atomic E-state index is 0.0580. The number of ketones is 1. The van der Waals surface area contributed by atoms with Crippen LogP contribution in [-0.2, 0) is 27.5 Å². The Labute approximate surface area is 152 Å². The molecule has 1 N–H and O–H groups in total. The average Bonchev–Trinajstić information content (AvgIpc) is 2.69. The molecule has 0 heterocycles. The van der Waals surface area contributed by atoms with E-state index < -0.39 is 17.8 Å². The van der Waals surface area contributed by atoms with Crippen molar-refractivity contribution in [2.24, 2.45) is 0 Å². The van der Waals surface area contributed by atoms with Gasteiger partial charge in [0.1, 0.15) is 6.61 Å². The Morgan fingerprint density at radius 2 is 1.50 bits per heavy atom. The molecule has 6 nitrogen and oxygen atoms in total. The van der Waals surface area contributed by atoms with Crippen molar-refractivity contribution in [3.63, 3.8) is 0 Å². The smallest absolute Gasteiger partial charge is 0.409 e. The molecule has 6 heteroatoms. The van der Waals surface area contributed by atoms with E-state index in [2.05, 4.69) is 5.32 Å². The molecule has 136 valence electrons. The van der Waals surface area contributed by atoms with Crippen LogP contribution in [0.25, 0.3) is 0 Å². The zero-order valence-electron chi connectivity index (χ0n) is 14.7. The first-order chi connectivity index (χ1) is 12.6. The van der Waals surface area contributed by atoms with E-state index in [1.165, 1.54) is 11.9 Å². The van der Waals surface area contributed by atoms with Gasteiger partial charge in [0.25, 0.3) is 5.91 Å². The Morgan fingerprint density at radius 3 is 2.12 bits per heavy atom. The van der Waals surface area contributed by atoms with Crippen molar-refractivity contribution in [1.29, 1.82) is 0 Å². The summed E-state index contributed by atoms with van der Waals surface area (Å²) >= 11 is 0. The van der Waals surface area contributed by atoms with Crippen molar-refractivity contribution < 1.29 is 19.1 Å². The Balaban J connectivity index is 1.68. The summed E-state index contributed by atoms with van der Waals surface area (Å²) in [5.74, 6) is -1.22. The highest BCUT2D eigenvalue weighted by atomic mass is 16.6. The van der Waals surface area contributed by atoms with Gasteiger partial charge in [-0.05, 0) is 11.1 Å². The van der Waals surface area contributed by atoms with E-state index in [1.807, 2.05) is 60.7 Å². The first-order valence-corrected chi connectivity index (χ1v) is 8.33. The van der Waals surface area contributed by atoms with Gasteiger partial charge in [0.15, 0.2) is 0 Å².